The van der Waals surface area contributed by atoms with E-state index in [1.54, 1.807) is 0 Å². The molecule has 100 valence electrons. The molecule has 1 aliphatic heterocycles. The van der Waals surface area contributed by atoms with Crippen molar-refractivity contribution < 1.29 is 0 Å². The van der Waals surface area contributed by atoms with Gasteiger partial charge in [-0.1, -0.05) is 30.2 Å². The highest BCUT2D eigenvalue weighted by atomic mass is 35.5. The van der Waals surface area contributed by atoms with Crippen molar-refractivity contribution in [1.82, 2.24) is 9.88 Å². The van der Waals surface area contributed by atoms with Gasteiger partial charge < -0.3 is 0 Å². The van der Waals surface area contributed by atoms with Crippen LogP contribution in [0.1, 0.15) is 30.4 Å². The van der Waals surface area contributed by atoms with Crippen molar-refractivity contribution in [3.8, 4) is 0 Å². The Balaban J connectivity index is 1.90. The first kappa shape index (κ1) is 12.9. The van der Waals surface area contributed by atoms with Gasteiger partial charge in [0.2, 0.25) is 0 Å². The molecular weight excluding hydrogens is 256 g/mol. The minimum absolute atomic E-state index is 0.656. The maximum Gasteiger partial charge on any atom is 0.134 e. The molecule has 1 fully saturated rings. The number of aromatic nitrogens is 1. The zero-order valence-corrected chi connectivity index (χ0v) is 12.1. The summed E-state index contributed by atoms with van der Waals surface area (Å²) < 4.78 is 0. The average Bonchev–Trinajstić information content (AvgIpc) is 2.41. The molecule has 19 heavy (non-hydrogen) atoms. The Morgan fingerprint density at radius 2 is 1.95 bits per heavy atom. The van der Waals surface area contributed by atoms with Crippen LogP contribution < -0.4 is 0 Å². The van der Waals surface area contributed by atoms with Gasteiger partial charge in [-0.25, -0.2) is 4.98 Å². The summed E-state index contributed by atoms with van der Waals surface area (Å²) in [5, 5.41) is 1.84. The zero-order valence-electron chi connectivity index (χ0n) is 11.3. The third-order valence-corrected chi connectivity index (χ3v) is 4.17. The van der Waals surface area contributed by atoms with E-state index in [-0.39, 0.29) is 0 Å². The molecular formula is C16H19ClN2. The molecule has 2 aromatic rings. The standard InChI is InChI=1S/C16H19ClN2/c1-12-5-6-13-10-14(16(17)18-15(13)9-12)11-19-7-3-2-4-8-19/h5-6,9-10H,2-4,7-8,11H2,1H3. The highest BCUT2D eigenvalue weighted by Crippen LogP contribution is 2.23. The molecule has 2 nitrogen and oxygen atoms in total. The van der Waals surface area contributed by atoms with E-state index in [2.05, 4.69) is 41.1 Å². The summed E-state index contributed by atoms with van der Waals surface area (Å²) in [7, 11) is 0. The number of benzene rings is 1. The summed E-state index contributed by atoms with van der Waals surface area (Å²) >= 11 is 6.34. The second kappa shape index (κ2) is 5.48. The predicted molar refractivity (Wildman–Crippen MR) is 80.6 cm³/mol. The fourth-order valence-electron chi connectivity index (χ4n) is 2.77. The highest BCUT2D eigenvalue weighted by Gasteiger charge is 2.13. The Morgan fingerprint density at radius 3 is 2.74 bits per heavy atom. The van der Waals surface area contributed by atoms with E-state index in [9.17, 15) is 0 Å². The molecule has 0 unspecified atom stereocenters. The van der Waals surface area contributed by atoms with Crippen LogP contribution in [0.25, 0.3) is 10.9 Å². The van der Waals surface area contributed by atoms with E-state index in [0.29, 0.717) is 5.15 Å². The second-order valence-corrected chi connectivity index (χ2v) is 5.83. The lowest BCUT2D eigenvalue weighted by atomic mass is 10.1. The van der Waals surface area contributed by atoms with Crippen LogP contribution in [0.4, 0.5) is 0 Å². The van der Waals surface area contributed by atoms with Crippen LogP contribution in [0.5, 0.6) is 0 Å². The Kier molecular flexibility index (Phi) is 3.72. The Hall–Kier alpha value is -1.12. The summed E-state index contributed by atoms with van der Waals surface area (Å²) in [6, 6.07) is 8.54. The number of halogens is 1. The van der Waals surface area contributed by atoms with E-state index in [1.165, 1.54) is 43.3 Å². The van der Waals surface area contributed by atoms with Gasteiger partial charge in [0.15, 0.2) is 0 Å². The van der Waals surface area contributed by atoms with Gasteiger partial charge in [0.25, 0.3) is 0 Å². The quantitative estimate of drug-likeness (QED) is 0.764. The normalized spacial score (nSPS) is 16.9. The van der Waals surface area contributed by atoms with E-state index < -0.39 is 0 Å². The van der Waals surface area contributed by atoms with Crippen molar-refractivity contribution in [1.29, 1.82) is 0 Å². The van der Waals surface area contributed by atoms with Gasteiger partial charge in [-0.05, 0) is 50.6 Å². The van der Waals surface area contributed by atoms with E-state index in [0.717, 1.165) is 17.6 Å². The van der Waals surface area contributed by atoms with Crippen molar-refractivity contribution in [2.24, 2.45) is 0 Å². The number of pyridine rings is 1. The van der Waals surface area contributed by atoms with Crippen molar-refractivity contribution in [3.63, 3.8) is 0 Å². The first-order chi connectivity index (χ1) is 9.22. The fraction of sp³-hybridized carbons (Fsp3) is 0.438. The topological polar surface area (TPSA) is 16.1 Å². The number of piperidine rings is 1. The third-order valence-electron chi connectivity index (χ3n) is 3.84. The molecule has 3 heteroatoms. The van der Waals surface area contributed by atoms with Crippen molar-refractivity contribution in [2.75, 3.05) is 13.1 Å². The first-order valence-electron chi connectivity index (χ1n) is 7.00. The van der Waals surface area contributed by atoms with E-state index in [1.807, 2.05) is 0 Å². The van der Waals surface area contributed by atoms with Gasteiger partial charge in [-0.3, -0.25) is 4.90 Å². The highest BCUT2D eigenvalue weighted by molar-refractivity contribution is 6.30. The van der Waals surface area contributed by atoms with Crippen molar-refractivity contribution >= 4 is 22.5 Å². The number of rotatable bonds is 2. The van der Waals surface area contributed by atoms with Gasteiger partial charge in [0.1, 0.15) is 5.15 Å². The lowest BCUT2D eigenvalue weighted by Crippen LogP contribution is -2.29. The number of nitrogens with zero attached hydrogens (tertiary/aromatic N) is 2. The van der Waals surface area contributed by atoms with Gasteiger partial charge in [-0.15, -0.1) is 0 Å². The summed E-state index contributed by atoms with van der Waals surface area (Å²) in [4.78, 5) is 7.02. The molecule has 1 aliphatic rings. The van der Waals surface area contributed by atoms with Crippen LogP contribution in [-0.4, -0.2) is 23.0 Å². The summed E-state index contributed by atoms with van der Waals surface area (Å²) in [5.41, 5.74) is 3.37. The maximum atomic E-state index is 6.34. The molecule has 2 heterocycles. The van der Waals surface area contributed by atoms with Crippen LogP contribution in [0.15, 0.2) is 24.3 Å². The molecule has 0 amide bonds. The number of aryl methyl sites for hydroxylation is 1. The van der Waals surface area contributed by atoms with Crippen LogP contribution >= 0.6 is 11.6 Å². The number of likely N-dealkylation sites (tertiary alicyclic amines) is 1. The van der Waals surface area contributed by atoms with E-state index in [4.69, 9.17) is 11.6 Å². The first-order valence-corrected chi connectivity index (χ1v) is 7.38. The summed E-state index contributed by atoms with van der Waals surface area (Å²) in [6.07, 6.45) is 3.97. The summed E-state index contributed by atoms with van der Waals surface area (Å²) in [5.74, 6) is 0. The Bertz CT molecular complexity index is 589. The third kappa shape index (κ3) is 2.90. The molecule has 0 bridgehead atoms. The number of hydrogen-bond acceptors (Lipinski definition) is 2. The monoisotopic (exact) mass is 274 g/mol. The molecule has 3 rings (SSSR count). The molecule has 0 atom stereocenters. The SMILES string of the molecule is Cc1ccc2cc(CN3CCCCC3)c(Cl)nc2c1. The van der Waals surface area contributed by atoms with Gasteiger partial charge >= 0.3 is 0 Å². The molecule has 0 radical (unpaired) electrons. The van der Waals surface area contributed by atoms with Crippen LogP contribution in [0.2, 0.25) is 5.15 Å². The van der Waals surface area contributed by atoms with Gasteiger partial charge in [-0.2, -0.15) is 0 Å². The zero-order chi connectivity index (χ0) is 13.2. The molecule has 0 saturated carbocycles. The van der Waals surface area contributed by atoms with E-state index >= 15 is 0 Å². The van der Waals surface area contributed by atoms with Gasteiger partial charge in [0, 0.05) is 17.5 Å². The second-order valence-electron chi connectivity index (χ2n) is 5.47. The summed E-state index contributed by atoms with van der Waals surface area (Å²) in [6.45, 7) is 5.37. The predicted octanol–water partition coefficient (Wildman–Crippen LogP) is 4.18. The molecule has 0 aliphatic carbocycles. The van der Waals surface area contributed by atoms with Crippen LogP contribution in [-0.2, 0) is 6.54 Å². The molecule has 1 saturated heterocycles. The maximum absolute atomic E-state index is 6.34. The Labute approximate surface area is 119 Å². The molecule has 0 spiro atoms. The van der Waals surface area contributed by atoms with Gasteiger partial charge in [0.05, 0.1) is 5.52 Å². The minimum Gasteiger partial charge on any atom is -0.299 e. The Morgan fingerprint density at radius 1 is 1.16 bits per heavy atom. The molecule has 1 aromatic heterocycles. The number of fused-ring (bicyclic) bond motifs is 1. The average molecular weight is 275 g/mol. The molecule has 1 aromatic carbocycles. The fourth-order valence-corrected chi connectivity index (χ4v) is 2.97. The van der Waals surface area contributed by atoms with Crippen LogP contribution in [0, 0.1) is 6.92 Å². The smallest absolute Gasteiger partial charge is 0.134 e. The van der Waals surface area contributed by atoms with Crippen LogP contribution in [0.3, 0.4) is 0 Å². The lowest BCUT2D eigenvalue weighted by molar-refractivity contribution is 0.221. The van der Waals surface area contributed by atoms with Crippen molar-refractivity contribution in [3.05, 3.63) is 40.5 Å². The number of hydrogen-bond donors (Lipinski definition) is 0. The minimum atomic E-state index is 0.656. The lowest BCUT2D eigenvalue weighted by Gasteiger charge is -2.26. The molecule has 0 N–H and O–H groups in total. The largest absolute Gasteiger partial charge is 0.299 e. The van der Waals surface area contributed by atoms with Crippen molar-refractivity contribution in [2.45, 2.75) is 32.7 Å².